The van der Waals surface area contributed by atoms with E-state index < -0.39 is 0 Å². The number of aromatic nitrogens is 1. The fourth-order valence-corrected chi connectivity index (χ4v) is 6.17. The van der Waals surface area contributed by atoms with Crippen molar-refractivity contribution in [2.75, 3.05) is 50.1 Å². The number of pyridine rings is 1. The molecule has 0 bridgehead atoms. The van der Waals surface area contributed by atoms with Crippen molar-refractivity contribution >= 4 is 44.5 Å². The third-order valence-corrected chi connectivity index (χ3v) is 8.03. The summed E-state index contributed by atoms with van der Waals surface area (Å²) in [4.78, 5) is 22.9. The van der Waals surface area contributed by atoms with Gasteiger partial charge in [-0.3, -0.25) is 4.79 Å². The molecular formula is C26H32N4O2S. The first kappa shape index (κ1) is 22.2. The third kappa shape index (κ3) is 4.57. The fraction of sp³-hybridized carbons (Fsp3) is 0.462. The SMILES string of the molecule is CCN(C)C(=O)c1sc2cnc(Nc3cccc(N4CCOCC4)c3)cc2c1C1CCCC1. The van der Waals surface area contributed by atoms with E-state index in [1.807, 2.05) is 25.1 Å². The maximum Gasteiger partial charge on any atom is 0.263 e. The number of nitrogens with zero attached hydrogens (tertiary/aromatic N) is 3. The first-order chi connectivity index (χ1) is 16.1. The van der Waals surface area contributed by atoms with Crippen LogP contribution in [0.3, 0.4) is 0 Å². The second kappa shape index (κ2) is 9.69. The summed E-state index contributed by atoms with van der Waals surface area (Å²) in [6.07, 6.45) is 6.73. The smallest absolute Gasteiger partial charge is 0.263 e. The Morgan fingerprint density at radius 1 is 1.24 bits per heavy atom. The molecule has 0 radical (unpaired) electrons. The standard InChI is InChI=1S/C26H32N4O2S/c1-3-29(2)26(31)25-24(18-7-4-5-8-18)21-16-23(27-17-22(21)33-25)28-19-9-6-10-20(15-19)30-11-13-32-14-12-30/h6,9-10,15-18H,3-5,7-8,11-14H2,1-2H3,(H,27,28). The summed E-state index contributed by atoms with van der Waals surface area (Å²) in [6, 6.07) is 10.6. The summed E-state index contributed by atoms with van der Waals surface area (Å²) in [5.41, 5.74) is 3.46. The average molecular weight is 465 g/mol. The monoisotopic (exact) mass is 464 g/mol. The van der Waals surface area contributed by atoms with Gasteiger partial charge in [0.05, 0.1) is 22.8 Å². The Labute approximate surface area is 199 Å². The molecular weight excluding hydrogens is 432 g/mol. The molecule has 0 atom stereocenters. The molecule has 0 spiro atoms. The minimum absolute atomic E-state index is 0.133. The third-order valence-electron chi connectivity index (χ3n) is 6.89. The predicted molar refractivity (Wildman–Crippen MR) is 136 cm³/mol. The average Bonchev–Trinajstić information content (AvgIpc) is 3.51. The van der Waals surface area contributed by atoms with Crippen molar-refractivity contribution in [3.8, 4) is 0 Å². The van der Waals surface area contributed by atoms with Gasteiger partial charge in [-0.2, -0.15) is 0 Å². The molecule has 33 heavy (non-hydrogen) atoms. The molecule has 1 aliphatic heterocycles. The zero-order chi connectivity index (χ0) is 22.8. The van der Waals surface area contributed by atoms with Crippen LogP contribution in [0.15, 0.2) is 36.5 Å². The van der Waals surface area contributed by atoms with Crippen molar-refractivity contribution < 1.29 is 9.53 Å². The van der Waals surface area contributed by atoms with Crippen molar-refractivity contribution in [1.29, 1.82) is 0 Å². The molecule has 3 aromatic rings. The number of ether oxygens (including phenoxy) is 1. The molecule has 1 aliphatic carbocycles. The van der Waals surface area contributed by atoms with Crippen molar-refractivity contribution in [3.05, 3.63) is 47.0 Å². The highest BCUT2D eigenvalue weighted by molar-refractivity contribution is 7.21. The first-order valence-corrected chi connectivity index (χ1v) is 12.8. The molecule has 2 fully saturated rings. The zero-order valence-electron chi connectivity index (χ0n) is 19.5. The topological polar surface area (TPSA) is 57.7 Å². The Bertz CT molecular complexity index is 1130. The van der Waals surface area contributed by atoms with Gasteiger partial charge in [0.2, 0.25) is 0 Å². The Morgan fingerprint density at radius 3 is 2.79 bits per heavy atom. The lowest BCUT2D eigenvalue weighted by Crippen LogP contribution is -2.36. The van der Waals surface area contributed by atoms with Gasteiger partial charge < -0.3 is 19.9 Å². The molecule has 0 unspecified atom stereocenters. The van der Waals surface area contributed by atoms with Crippen LogP contribution >= 0.6 is 11.3 Å². The number of nitrogens with one attached hydrogen (secondary N) is 1. The Kier molecular flexibility index (Phi) is 6.51. The summed E-state index contributed by atoms with van der Waals surface area (Å²) in [5, 5.41) is 4.69. The predicted octanol–water partition coefficient (Wildman–Crippen LogP) is 5.63. The number of hydrogen-bond acceptors (Lipinski definition) is 6. The van der Waals surface area contributed by atoms with Gasteiger partial charge in [0, 0.05) is 49.6 Å². The first-order valence-electron chi connectivity index (χ1n) is 12.0. The van der Waals surface area contributed by atoms with Gasteiger partial charge in [0.1, 0.15) is 5.82 Å². The summed E-state index contributed by atoms with van der Waals surface area (Å²) in [7, 11) is 1.89. The van der Waals surface area contributed by atoms with E-state index in [4.69, 9.17) is 9.72 Å². The Hall–Kier alpha value is -2.64. The van der Waals surface area contributed by atoms with Crippen LogP contribution < -0.4 is 10.2 Å². The van der Waals surface area contributed by atoms with Crippen LogP contribution in [0.4, 0.5) is 17.2 Å². The number of benzene rings is 1. The summed E-state index contributed by atoms with van der Waals surface area (Å²) >= 11 is 1.60. The maximum absolute atomic E-state index is 13.2. The number of rotatable bonds is 6. The molecule has 1 aromatic carbocycles. The number of anilines is 3. The number of carbonyl (C=O) groups is 1. The van der Waals surface area contributed by atoms with E-state index in [1.54, 1.807) is 11.3 Å². The molecule has 1 saturated carbocycles. The molecule has 7 heteroatoms. The van der Waals surface area contributed by atoms with E-state index in [0.29, 0.717) is 12.5 Å². The van der Waals surface area contributed by atoms with E-state index in [0.717, 1.165) is 60.2 Å². The maximum atomic E-state index is 13.2. The van der Waals surface area contributed by atoms with Crippen LogP contribution in [0, 0.1) is 0 Å². The highest BCUT2D eigenvalue weighted by Crippen LogP contribution is 2.44. The van der Waals surface area contributed by atoms with Gasteiger partial charge in [-0.05, 0) is 55.5 Å². The number of fused-ring (bicyclic) bond motifs is 1. The molecule has 3 heterocycles. The largest absolute Gasteiger partial charge is 0.378 e. The second-order valence-electron chi connectivity index (χ2n) is 8.99. The molecule has 5 rings (SSSR count). The normalized spacial score (nSPS) is 17.0. The van der Waals surface area contributed by atoms with Crippen LogP contribution in [0.1, 0.15) is 53.8 Å². The Morgan fingerprint density at radius 2 is 2.03 bits per heavy atom. The van der Waals surface area contributed by atoms with Crippen molar-refractivity contribution in [3.63, 3.8) is 0 Å². The van der Waals surface area contributed by atoms with Gasteiger partial charge in [-0.25, -0.2) is 4.98 Å². The van der Waals surface area contributed by atoms with Crippen LogP contribution in [0.5, 0.6) is 0 Å². The highest BCUT2D eigenvalue weighted by atomic mass is 32.1. The van der Waals surface area contributed by atoms with Crippen LogP contribution in [0.25, 0.3) is 10.1 Å². The number of hydrogen-bond donors (Lipinski definition) is 1. The van der Waals surface area contributed by atoms with Gasteiger partial charge in [0.15, 0.2) is 0 Å². The minimum Gasteiger partial charge on any atom is -0.378 e. The van der Waals surface area contributed by atoms with Crippen LogP contribution in [0.2, 0.25) is 0 Å². The van der Waals surface area contributed by atoms with Gasteiger partial charge in [-0.15, -0.1) is 11.3 Å². The second-order valence-corrected chi connectivity index (χ2v) is 10.0. The van der Waals surface area contributed by atoms with Crippen LogP contribution in [-0.2, 0) is 4.74 Å². The Balaban J connectivity index is 1.48. The number of morpholine rings is 1. The van der Waals surface area contributed by atoms with E-state index in [1.165, 1.54) is 29.5 Å². The van der Waals surface area contributed by atoms with Crippen molar-refractivity contribution in [1.82, 2.24) is 9.88 Å². The number of thiophene rings is 1. The summed E-state index contributed by atoms with van der Waals surface area (Å²) in [6.45, 7) is 6.10. The number of amides is 1. The van der Waals surface area contributed by atoms with E-state index in [-0.39, 0.29) is 5.91 Å². The zero-order valence-corrected chi connectivity index (χ0v) is 20.3. The number of carbonyl (C=O) groups excluding carboxylic acids is 1. The van der Waals surface area contributed by atoms with Gasteiger partial charge in [0.25, 0.3) is 5.91 Å². The van der Waals surface area contributed by atoms with Crippen molar-refractivity contribution in [2.24, 2.45) is 0 Å². The fourth-order valence-electron chi connectivity index (χ4n) is 4.94. The van der Waals surface area contributed by atoms with E-state index in [2.05, 4.69) is 40.5 Å². The highest BCUT2D eigenvalue weighted by Gasteiger charge is 2.28. The quantitative estimate of drug-likeness (QED) is 0.513. The summed E-state index contributed by atoms with van der Waals surface area (Å²) in [5.74, 6) is 1.41. The molecule has 2 aliphatic rings. The lowest BCUT2D eigenvalue weighted by atomic mass is 9.94. The molecule has 174 valence electrons. The van der Waals surface area contributed by atoms with Crippen molar-refractivity contribution in [2.45, 2.75) is 38.5 Å². The van der Waals surface area contributed by atoms with E-state index in [9.17, 15) is 4.79 Å². The molecule has 6 nitrogen and oxygen atoms in total. The molecule has 1 amide bonds. The summed E-state index contributed by atoms with van der Waals surface area (Å²) < 4.78 is 6.58. The van der Waals surface area contributed by atoms with Gasteiger partial charge >= 0.3 is 0 Å². The van der Waals surface area contributed by atoms with Crippen LogP contribution in [-0.4, -0.2) is 55.7 Å². The lowest BCUT2D eigenvalue weighted by Gasteiger charge is -2.29. The molecule has 1 saturated heterocycles. The van der Waals surface area contributed by atoms with E-state index >= 15 is 0 Å². The van der Waals surface area contributed by atoms with Gasteiger partial charge in [-0.1, -0.05) is 18.9 Å². The lowest BCUT2D eigenvalue weighted by molar-refractivity contribution is 0.0806. The molecule has 2 aromatic heterocycles. The molecule has 1 N–H and O–H groups in total. The minimum atomic E-state index is 0.133.